The zero-order valence-electron chi connectivity index (χ0n) is 22.8. The zero-order chi connectivity index (χ0) is 27.5. The summed E-state index contributed by atoms with van der Waals surface area (Å²) in [5, 5.41) is 13.7. The molecular formula is C31H33FN6O. The first kappa shape index (κ1) is 26.4. The van der Waals surface area contributed by atoms with Crippen LogP contribution in [0.15, 0.2) is 71.5 Å². The average Bonchev–Trinajstić information content (AvgIpc) is 3.35. The van der Waals surface area contributed by atoms with Crippen LogP contribution in [0.2, 0.25) is 0 Å². The van der Waals surface area contributed by atoms with E-state index in [1.54, 1.807) is 16.8 Å². The minimum Gasteiger partial charge on any atom is -0.322 e. The van der Waals surface area contributed by atoms with E-state index in [-0.39, 0.29) is 17.4 Å². The van der Waals surface area contributed by atoms with E-state index in [0.717, 1.165) is 39.6 Å². The van der Waals surface area contributed by atoms with Crippen molar-refractivity contribution in [3.05, 3.63) is 122 Å². The van der Waals surface area contributed by atoms with E-state index in [4.69, 9.17) is 0 Å². The van der Waals surface area contributed by atoms with Crippen molar-refractivity contribution in [3.63, 3.8) is 0 Å². The molecule has 1 unspecified atom stereocenters. The SMILES string of the molecule is CCC(c1nnnn1Cc1ccc(F)cc1)N(Cc1ccc(C)cc1)Cc1cc2c(C)cc(C)cc2[nH]c1=O. The number of aromatic nitrogens is 5. The lowest BCUT2D eigenvalue weighted by atomic mass is 10.0. The van der Waals surface area contributed by atoms with Gasteiger partial charge in [-0.2, -0.15) is 0 Å². The highest BCUT2D eigenvalue weighted by Gasteiger charge is 2.26. The van der Waals surface area contributed by atoms with Crippen LogP contribution in [0.3, 0.4) is 0 Å². The zero-order valence-corrected chi connectivity index (χ0v) is 22.8. The Bertz CT molecular complexity index is 1640. The van der Waals surface area contributed by atoms with Gasteiger partial charge in [0.05, 0.1) is 12.6 Å². The Morgan fingerprint density at radius 1 is 0.923 bits per heavy atom. The molecule has 1 N–H and O–H groups in total. The van der Waals surface area contributed by atoms with Gasteiger partial charge in [0.1, 0.15) is 5.82 Å². The van der Waals surface area contributed by atoms with Gasteiger partial charge in [0.15, 0.2) is 5.82 Å². The van der Waals surface area contributed by atoms with Gasteiger partial charge in [-0.15, -0.1) is 5.10 Å². The molecule has 0 bridgehead atoms. The summed E-state index contributed by atoms with van der Waals surface area (Å²) in [5.74, 6) is 0.426. The van der Waals surface area contributed by atoms with E-state index in [9.17, 15) is 9.18 Å². The lowest BCUT2D eigenvalue weighted by molar-refractivity contribution is 0.161. The van der Waals surface area contributed by atoms with Crippen molar-refractivity contribution >= 4 is 10.9 Å². The molecule has 39 heavy (non-hydrogen) atoms. The number of nitrogens with zero attached hydrogens (tertiary/aromatic N) is 5. The number of H-pyrrole nitrogens is 1. The minimum absolute atomic E-state index is 0.0952. The summed E-state index contributed by atoms with van der Waals surface area (Å²) in [7, 11) is 0. The number of rotatable bonds is 9. The largest absolute Gasteiger partial charge is 0.322 e. The van der Waals surface area contributed by atoms with Crippen molar-refractivity contribution < 1.29 is 4.39 Å². The van der Waals surface area contributed by atoms with Crippen molar-refractivity contribution in [1.29, 1.82) is 0 Å². The molecule has 3 aromatic carbocycles. The summed E-state index contributed by atoms with van der Waals surface area (Å²) in [6, 6.07) is 20.8. The van der Waals surface area contributed by atoms with Crippen LogP contribution in [-0.4, -0.2) is 30.1 Å². The summed E-state index contributed by atoms with van der Waals surface area (Å²) in [5.41, 5.74) is 6.92. The van der Waals surface area contributed by atoms with E-state index in [1.807, 2.05) is 19.1 Å². The van der Waals surface area contributed by atoms with Crippen LogP contribution in [0.25, 0.3) is 10.9 Å². The molecular weight excluding hydrogens is 491 g/mol. The van der Waals surface area contributed by atoms with Gasteiger partial charge in [0.2, 0.25) is 0 Å². The van der Waals surface area contributed by atoms with Gasteiger partial charge in [-0.25, -0.2) is 9.07 Å². The Balaban J connectivity index is 1.53. The van der Waals surface area contributed by atoms with Crippen molar-refractivity contribution in [2.45, 2.75) is 59.8 Å². The van der Waals surface area contributed by atoms with Gasteiger partial charge in [-0.05, 0) is 84.1 Å². The molecule has 0 fully saturated rings. The van der Waals surface area contributed by atoms with E-state index in [0.29, 0.717) is 31.0 Å². The van der Waals surface area contributed by atoms with Crippen molar-refractivity contribution in [2.75, 3.05) is 0 Å². The van der Waals surface area contributed by atoms with Crippen LogP contribution >= 0.6 is 0 Å². The Labute approximate surface area is 227 Å². The van der Waals surface area contributed by atoms with Crippen LogP contribution in [-0.2, 0) is 19.6 Å². The van der Waals surface area contributed by atoms with Gasteiger partial charge >= 0.3 is 0 Å². The normalized spacial score (nSPS) is 12.4. The van der Waals surface area contributed by atoms with E-state index < -0.39 is 0 Å². The lowest BCUT2D eigenvalue weighted by Gasteiger charge is -2.30. The smallest absolute Gasteiger partial charge is 0.252 e. The van der Waals surface area contributed by atoms with Crippen molar-refractivity contribution in [2.24, 2.45) is 0 Å². The molecule has 1 atom stereocenters. The molecule has 0 aliphatic carbocycles. The Kier molecular flexibility index (Phi) is 7.65. The van der Waals surface area contributed by atoms with Gasteiger partial charge in [-0.3, -0.25) is 9.69 Å². The number of benzene rings is 3. The third kappa shape index (κ3) is 5.96. The summed E-state index contributed by atoms with van der Waals surface area (Å²) in [6.07, 6.45) is 0.735. The van der Waals surface area contributed by atoms with Gasteiger partial charge in [0.25, 0.3) is 5.56 Å². The van der Waals surface area contributed by atoms with Crippen molar-refractivity contribution in [1.82, 2.24) is 30.1 Å². The number of halogens is 1. The van der Waals surface area contributed by atoms with Gasteiger partial charge in [-0.1, -0.05) is 55.0 Å². The fraction of sp³-hybridized carbons (Fsp3) is 0.290. The predicted molar refractivity (Wildman–Crippen MR) is 151 cm³/mol. The maximum absolute atomic E-state index is 13.5. The number of aromatic amines is 1. The second-order valence-corrected chi connectivity index (χ2v) is 10.3. The molecule has 0 aliphatic rings. The molecule has 0 amide bonds. The molecule has 0 radical (unpaired) electrons. The number of hydrogen-bond acceptors (Lipinski definition) is 5. The van der Waals surface area contributed by atoms with E-state index in [1.165, 1.54) is 17.7 Å². The highest BCUT2D eigenvalue weighted by Crippen LogP contribution is 2.27. The topological polar surface area (TPSA) is 79.7 Å². The maximum atomic E-state index is 13.5. The van der Waals surface area contributed by atoms with Crippen LogP contribution in [0.1, 0.15) is 58.6 Å². The van der Waals surface area contributed by atoms with Crippen LogP contribution in [0, 0.1) is 26.6 Å². The number of hydrogen-bond donors (Lipinski definition) is 1. The Morgan fingerprint density at radius 3 is 2.36 bits per heavy atom. The number of nitrogens with one attached hydrogen (secondary N) is 1. The number of fused-ring (bicyclic) bond motifs is 1. The summed E-state index contributed by atoms with van der Waals surface area (Å²) >= 11 is 0. The average molecular weight is 525 g/mol. The van der Waals surface area contributed by atoms with Gasteiger partial charge < -0.3 is 4.98 Å². The number of pyridine rings is 1. The van der Waals surface area contributed by atoms with E-state index >= 15 is 0 Å². The fourth-order valence-corrected chi connectivity index (χ4v) is 5.19. The lowest BCUT2D eigenvalue weighted by Crippen LogP contribution is -2.32. The predicted octanol–water partition coefficient (Wildman–Crippen LogP) is 5.78. The monoisotopic (exact) mass is 524 g/mol. The Morgan fingerprint density at radius 2 is 1.64 bits per heavy atom. The molecule has 5 aromatic rings. The first-order valence-electron chi connectivity index (χ1n) is 13.2. The van der Waals surface area contributed by atoms with Crippen LogP contribution in [0.4, 0.5) is 4.39 Å². The first-order valence-corrected chi connectivity index (χ1v) is 13.2. The minimum atomic E-state index is -0.280. The van der Waals surface area contributed by atoms with Crippen LogP contribution < -0.4 is 5.56 Å². The van der Waals surface area contributed by atoms with Crippen LogP contribution in [0.5, 0.6) is 0 Å². The Hall–Kier alpha value is -4.17. The molecule has 2 aromatic heterocycles. The third-order valence-corrected chi connectivity index (χ3v) is 7.20. The molecule has 0 aliphatic heterocycles. The molecule has 0 spiro atoms. The molecule has 5 rings (SSSR count). The summed E-state index contributed by atoms with van der Waals surface area (Å²) < 4.78 is 15.2. The molecule has 7 nitrogen and oxygen atoms in total. The highest BCUT2D eigenvalue weighted by atomic mass is 19.1. The third-order valence-electron chi connectivity index (χ3n) is 7.20. The standard InChI is InChI=1S/C31H33FN6O/c1-5-29(30-34-35-36-38(30)18-24-10-12-26(32)13-11-24)37(17-23-8-6-20(2)7-9-23)19-25-16-27-22(4)14-21(3)15-28(27)33-31(25)39/h6-16,29H,5,17-19H2,1-4H3,(H,33,39). The number of tetrazole rings is 1. The fourth-order valence-electron chi connectivity index (χ4n) is 5.19. The second kappa shape index (κ2) is 11.3. The highest BCUT2D eigenvalue weighted by molar-refractivity contribution is 5.83. The first-order chi connectivity index (χ1) is 18.8. The molecule has 0 saturated heterocycles. The van der Waals surface area contributed by atoms with Crippen molar-refractivity contribution in [3.8, 4) is 0 Å². The molecule has 200 valence electrons. The van der Waals surface area contributed by atoms with Gasteiger partial charge in [0, 0.05) is 29.6 Å². The van der Waals surface area contributed by atoms with E-state index in [2.05, 4.69) is 76.5 Å². The molecule has 0 saturated carbocycles. The molecule has 8 heteroatoms. The maximum Gasteiger partial charge on any atom is 0.252 e. The summed E-state index contributed by atoms with van der Waals surface area (Å²) in [6.45, 7) is 9.73. The summed E-state index contributed by atoms with van der Waals surface area (Å²) in [4.78, 5) is 18.6. The quantitative estimate of drug-likeness (QED) is 0.264. The number of aryl methyl sites for hydroxylation is 3. The second-order valence-electron chi connectivity index (χ2n) is 10.3. The molecule has 2 heterocycles.